The van der Waals surface area contributed by atoms with Crippen LogP contribution in [0.3, 0.4) is 0 Å². The maximum Gasteiger partial charge on any atom is 0.126 e. The molecule has 0 bridgehead atoms. The van der Waals surface area contributed by atoms with E-state index in [0.29, 0.717) is 11.3 Å². The van der Waals surface area contributed by atoms with Crippen LogP contribution in [-0.2, 0) is 0 Å². The minimum atomic E-state index is -0.967. The van der Waals surface area contributed by atoms with Gasteiger partial charge < -0.3 is 4.74 Å². The fraction of sp³-hybridized carbons (Fsp3) is 0.333. The number of para-hydroxylation sites is 1. The Labute approximate surface area is 65.8 Å². The van der Waals surface area contributed by atoms with E-state index in [0.717, 1.165) is 0 Å². The van der Waals surface area contributed by atoms with E-state index in [1.165, 1.54) is 6.92 Å². The highest BCUT2D eigenvalue weighted by Crippen LogP contribution is 2.26. The summed E-state index contributed by atoms with van der Waals surface area (Å²) < 4.78 is 17.8. The van der Waals surface area contributed by atoms with Gasteiger partial charge in [0.25, 0.3) is 0 Å². The molecule has 0 saturated carbocycles. The van der Waals surface area contributed by atoms with Crippen LogP contribution in [0.4, 0.5) is 4.39 Å². The Kier molecular flexibility index (Phi) is 2.47. The first kappa shape index (κ1) is 8.05. The molecular formula is C9H11FO. The van der Waals surface area contributed by atoms with Crippen molar-refractivity contribution in [3.63, 3.8) is 0 Å². The Bertz CT molecular complexity index is 233. The normalized spacial score (nSPS) is 12.6. The molecule has 0 amide bonds. The third-order valence-corrected chi connectivity index (χ3v) is 1.57. The van der Waals surface area contributed by atoms with Gasteiger partial charge in [-0.3, -0.25) is 0 Å². The van der Waals surface area contributed by atoms with Crippen LogP contribution in [-0.4, -0.2) is 7.11 Å². The molecule has 11 heavy (non-hydrogen) atoms. The summed E-state index contributed by atoms with van der Waals surface area (Å²) in [6, 6.07) is 7.10. The number of alkyl halides is 1. The van der Waals surface area contributed by atoms with E-state index in [9.17, 15) is 4.39 Å². The number of hydrogen-bond acceptors (Lipinski definition) is 1. The molecule has 0 aromatic heterocycles. The molecule has 0 heterocycles. The van der Waals surface area contributed by atoms with E-state index in [1.54, 1.807) is 25.3 Å². The van der Waals surface area contributed by atoms with Crippen molar-refractivity contribution in [2.75, 3.05) is 7.11 Å². The van der Waals surface area contributed by atoms with E-state index in [-0.39, 0.29) is 0 Å². The third-order valence-electron chi connectivity index (χ3n) is 1.57. The average molecular weight is 154 g/mol. The predicted octanol–water partition coefficient (Wildman–Crippen LogP) is 2.73. The van der Waals surface area contributed by atoms with Crippen molar-refractivity contribution in [1.82, 2.24) is 0 Å². The maximum absolute atomic E-state index is 12.8. The van der Waals surface area contributed by atoms with Gasteiger partial charge in [0.15, 0.2) is 0 Å². The molecule has 0 aliphatic heterocycles. The van der Waals surface area contributed by atoms with Crippen molar-refractivity contribution in [1.29, 1.82) is 0 Å². The Morgan fingerprint density at radius 3 is 2.45 bits per heavy atom. The standard InChI is InChI=1S/C9H11FO/c1-7(10)8-5-3-4-6-9(8)11-2/h3-7H,1-2H3. The summed E-state index contributed by atoms with van der Waals surface area (Å²) in [5, 5.41) is 0. The average Bonchev–Trinajstić information content (AvgIpc) is 2.04. The Morgan fingerprint density at radius 2 is 2.00 bits per heavy atom. The highest BCUT2D eigenvalue weighted by molar-refractivity contribution is 5.34. The van der Waals surface area contributed by atoms with Gasteiger partial charge in [-0.05, 0) is 13.0 Å². The lowest BCUT2D eigenvalue weighted by molar-refractivity contribution is 0.346. The number of ether oxygens (including phenoxy) is 1. The maximum atomic E-state index is 12.8. The SMILES string of the molecule is COc1ccccc1C(C)F. The summed E-state index contributed by atoms with van der Waals surface area (Å²) >= 11 is 0. The molecular weight excluding hydrogens is 143 g/mol. The van der Waals surface area contributed by atoms with Crippen molar-refractivity contribution >= 4 is 0 Å². The number of methoxy groups -OCH3 is 1. The minimum absolute atomic E-state index is 0.606. The zero-order valence-corrected chi connectivity index (χ0v) is 6.67. The summed E-state index contributed by atoms with van der Waals surface area (Å²) in [6.07, 6.45) is -0.967. The Balaban J connectivity index is 3.02. The zero-order chi connectivity index (χ0) is 8.27. The second kappa shape index (κ2) is 3.37. The molecule has 1 aromatic carbocycles. The molecule has 0 saturated heterocycles. The van der Waals surface area contributed by atoms with Gasteiger partial charge >= 0.3 is 0 Å². The summed E-state index contributed by atoms with van der Waals surface area (Å²) in [4.78, 5) is 0. The third kappa shape index (κ3) is 1.70. The fourth-order valence-electron chi connectivity index (χ4n) is 0.995. The van der Waals surface area contributed by atoms with Gasteiger partial charge in [-0.15, -0.1) is 0 Å². The second-order valence-electron chi connectivity index (χ2n) is 2.36. The zero-order valence-electron chi connectivity index (χ0n) is 6.67. The molecule has 0 N–H and O–H groups in total. The molecule has 60 valence electrons. The van der Waals surface area contributed by atoms with Crippen molar-refractivity contribution < 1.29 is 9.13 Å². The summed E-state index contributed by atoms with van der Waals surface area (Å²) in [5.41, 5.74) is 0.606. The van der Waals surface area contributed by atoms with Crippen LogP contribution in [0, 0.1) is 0 Å². The number of hydrogen-bond donors (Lipinski definition) is 0. The van der Waals surface area contributed by atoms with Gasteiger partial charge in [0.05, 0.1) is 7.11 Å². The Morgan fingerprint density at radius 1 is 1.36 bits per heavy atom. The molecule has 1 rings (SSSR count). The van der Waals surface area contributed by atoms with E-state index in [4.69, 9.17) is 4.74 Å². The Hall–Kier alpha value is -1.05. The molecule has 1 atom stereocenters. The molecule has 2 heteroatoms. The molecule has 0 radical (unpaired) electrons. The van der Waals surface area contributed by atoms with E-state index in [2.05, 4.69) is 0 Å². The van der Waals surface area contributed by atoms with Crippen LogP contribution in [0.5, 0.6) is 5.75 Å². The first-order valence-electron chi connectivity index (χ1n) is 3.52. The number of benzene rings is 1. The molecule has 1 unspecified atom stereocenters. The van der Waals surface area contributed by atoms with Crippen LogP contribution in [0.2, 0.25) is 0 Å². The first-order valence-corrected chi connectivity index (χ1v) is 3.52. The van der Waals surface area contributed by atoms with Crippen LogP contribution in [0.15, 0.2) is 24.3 Å². The largest absolute Gasteiger partial charge is 0.496 e. The topological polar surface area (TPSA) is 9.23 Å². The van der Waals surface area contributed by atoms with Gasteiger partial charge in [-0.25, -0.2) is 4.39 Å². The second-order valence-corrected chi connectivity index (χ2v) is 2.36. The number of halogens is 1. The smallest absolute Gasteiger partial charge is 0.126 e. The molecule has 0 fully saturated rings. The summed E-state index contributed by atoms with van der Waals surface area (Å²) in [6.45, 7) is 1.50. The molecule has 1 nitrogen and oxygen atoms in total. The lowest BCUT2D eigenvalue weighted by Gasteiger charge is -2.07. The predicted molar refractivity (Wildman–Crippen MR) is 42.5 cm³/mol. The van der Waals surface area contributed by atoms with E-state index < -0.39 is 6.17 Å². The van der Waals surface area contributed by atoms with Gasteiger partial charge in [0.2, 0.25) is 0 Å². The quantitative estimate of drug-likeness (QED) is 0.636. The van der Waals surface area contributed by atoms with Crippen LogP contribution in [0.1, 0.15) is 18.7 Å². The van der Waals surface area contributed by atoms with Gasteiger partial charge in [-0.2, -0.15) is 0 Å². The van der Waals surface area contributed by atoms with Gasteiger partial charge in [-0.1, -0.05) is 18.2 Å². The van der Waals surface area contributed by atoms with Crippen molar-refractivity contribution in [3.8, 4) is 5.75 Å². The highest BCUT2D eigenvalue weighted by Gasteiger charge is 2.07. The van der Waals surface area contributed by atoms with Crippen LogP contribution in [0.25, 0.3) is 0 Å². The first-order chi connectivity index (χ1) is 5.25. The van der Waals surface area contributed by atoms with E-state index in [1.807, 2.05) is 6.07 Å². The number of rotatable bonds is 2. The summed E-state index contributed by atoms with van der Waals surface area (Å²) in [5.74, 6) is 0.613. The van der Waals surface area contributed by atoms with Gasteiger partial charge in [0, 0.05) is 5.56 Å². The van der Waals surface area contributed by atoms with Crippen LogP contribution >= 0.6 is 0 Å². The van der Waals surface area contributed by atoms with Crippen molar-refractivity contribution in [2.24, 2.45) is 0 Å². The molecule has 0 spiro atoms. The van der Waals surface area contributed by atoms with Gasteiger partial charge in [0.1, 0.15) is 11.9 Å². The molecule has 0 aliphatic rings. The van der Waals surface area contributed by atoms with Crippen LogP contribution < -0.4 is 4.74 Å². The molecule has 0 aliphatic carbocycles. The lowest BCUT2D eigenvalue weighted by Crippen LogP contribution is -1.91. The molecule has 1 aromatic rings. The lowest BCUT2D eigenvalue weighted by atomic mass is 10.1. The fourth-order valence-corrected chi connectivity index (χ4v) is 0.995. The monoisotopic (exact) mass is 154 g/mol. The van der Waals surface area contributed by atoms with Crippen molar-refractivity contribution in [2.45, 2.75) is 13.1 Å². The summed E-state index contributed by atoms with van der Waals surface area (Å²) in [7, 11) is 1.54. The minimum Gasteiger partial charge on any atom is -0.496 e. The van der Waals surface area contributed by atoms with Crippen molar-refractivity contribution in [3.05, 3.63) is 29.8 Å². The van der Waals surface area contributed by atoms with E-state index >= 15 is 0 Å². The highest BCUT2D eigenvalue weighted by atomic mass is 19.1.